The Morgan fingerprint density at radius 3 is 2.86 bits per heavy atom. The van der Waals surface area contributed by atoms with Gasteiger partial charge in [-0.15, -0.1) is 0 Å². The summed E-state index contributed by atoms with van der Waals surface area (Å²) in [7, 11) is 0. The van der Waals surface area contributed by atoms with Crippen LogP contribution in [0.4, 0.5) is 0 Å². The van der Waals surface area contributed by atoms with E-state index in [0.29, 0.717) is 31.6 Å². The van der Waals surface area contributed by atoms with Gasteiger partial charge in [0.05, 0.1) is 12.1 Å². The molecule has 0 saturated carbocycles. The molecule has 0 bridgehead atoms. The zero-order chi connectivity index (χ0) is 19.7. The molecular weight excluding hydrogens is 360 g/mol. The summed E-state index contributed by atoms with van der Waals surface area (Å²) >= 11 is 0. The number of rotatable bonds is 5. The molecule has 3 amide bonds. The van der Waals surface area contributed by atoms with Crippen LogP contribution in [0.5, 0.6) is 0 Å². The minimum Gasteiger partial charge on any atom is -0.394 e. The van der Waals surface area contributed by atoms with Crippen molar-refractivity contribution >= 4 is 17.7 Å². The second kappa shape index (κ2) is 7.62. The van der Waals surface area contributed by atoms with Crippen LogP contribution in [0.3, 0.4) is 0 Å². The highest BCUT2D eigenvalue weighted by molar-refractivity contribution is 6.05. The van der Waals surface area contributed by atoms with Crippen LogP contribution in [0.15, 0.2) is 18.2 Å². The number of hydrogen-bond donors (Lipinski definition) is 4. The van der Waals surface area contributed by atoms with E-state index in [-0.39, 0.29) is 30.4 Å². The number of benzene rings is 1. The molecule has 28 heavy (non-hydrogen) atoms. The largest absolute Gasteiger partial charge is 0.394 e. The fourth-order valence-corrected chi connectivity index (χ4v) is 4.41. The van der Waals surface area contributed by atoms with Crippen molar-refractivity contribution in [1.29, 1.82) is 0 Å². The number of carbonyl (C=O) groups is 3. The fourth-order valence-electron chi connectivity index (χ4n) is 4.41. The van der Waals surface area contributed by atoms with Gasteiger partial charge in [0.25, 0.3) is 5.91 Å². The normalized spacial score (nSPS) is 27.7. The average molecular weight is 386 g/mol. The number of fused-ring (bicyclic) bond motifs is 1. The van der Waals surface area contributed by atoms with E-state index in [1.165, 1.54) is 0 Å². The van der Waals surface area contributed by atoms with Gasteiger partial charge in [-0.05, 0) is 43.0 Å². The van der Waals surface area contributed by atoms with Crippen LogP contribution in [0.25, 0.3) is 0 Å². The maximum absolute atomic E-state index is 12.9. The number of aliphatic hydroxyl groups excluding tert-OH is 1. The van der Waals surface area contributed by atoms with Gasteiger partial charge < -0.3 is 20.6 Å². The lowest BCUT2D eigenvalue weighted by atomic mass is 9.90. The van der Waals surface area contributed by atoms with Crippen LogP contribution in [0.2, 0.25) is 0 Å². The molecule has 0 spiro atoms. The first-order chi connectivity index (χ1) is 13.5. The summed E-state index contributed by atoms with van der Waals surface area (Å²) < 4.78 is 0. The number of imide groups is 1. The van der Waals surface area contributed by atoms with Gasteiger partial charge in [0.2, 0.25) is 11.8 Å². The number of carbonyl (C=O) groups excluding carboxylic acids is 3. The molecule has 2 unspecified atom stereocenters. The van der Waals surface area contributed by atoms with E-state index in [9.17, 15) is 19.5 Å². The van der Waals surface area contributed by atoms with Crippen LogP contribution >= 0.6 is 0 Å². The molecule has 4 N–H and O–H groups in total. The molecule has 1 aromatic rings. The predicted octanol–water partition coefficient (Wildman–Crippen LogP) is -0.348. The first kappa shape index (κ1) is 19.0. The summed E-state index contributed by atoms with van der Waals surface area (Å²) in [6.07, 6.45) is 2.50. The molecule has 0 aromatic heterocycles. The zero-order valence-electron chi connectivity index (χ0n) is 15.8. The molecular formula is C20H26N4O4. The van der Waals surface area contributed by atoms with E-state index in [0.717, 1.165) is 30.5 Å². The summed E-state index contributed by atoms with van der Waals surface area (Å²) in [5, 5.41) is 19.0. The van der Waals surface area contributed by atoms with Gasteiger partial charge in [0.15, 0.2) is 0 Å². The van der Waals surface area contributed by atoms with Gasteiger partial charge in [-0.3, -0.25) is 19.7 Å². The van der Waals surface area contributed by atoms with E-state index in [1.54, 1.807) is 11.0 Å². The highest BCUT2D eigenvalue weighted by Gasteiger charge is 2.40. The van der Waals surface area contributed by atoms with E-state index in [2.05, 4.69) is 16.0 Å². The van der Waals surface area contributed by atoms with Gasteiger partial charge >= 0.3 is 0 Å². The summed E-state index contributed by atoms with van der Waals surface area (Å²) in [6.45, 7) is 2.63. The number of amides is 3. The van der Waals surface area contributed by atoms with Crippen molar-refractivity contribution in [3.63, 3.8) is 0 Å². The van der Waals surface area contributed by atoms with Crippen LogP contribution in [0, 0.1) is 0 Å². The fraction of sp³-hybridized carbons (Fsp3) is 0.550. The topological polar surface area (TPSA) is 111 Å². The van der Waals surface area contributed by atoms with Crippen LogP contribution in [-0.2, 0) is 22.7 Å². The molecule has 2 saturated heterocycles. The molecule has 8 nitrogen and oxygen atoms in total. The zero-order valence-corrected chi connectivity index (χ0v) is 15.8. The first-order valence-electron chi connectivity index (χ1n) is 9.85. The Morgan fingerprint density at radius 2 is 2.14 bits per heavy atom. The SMILES string of the molecule is O=C1CCC(N2Cc3c(CNC4(CO)CCCNC4)cccc3C2=O)C(=O)N1. The lowest BCUT2D eigenvalue weighted by Crippen LogP contribution is -2.58. The molecule has 4 rings (SSSR count). The predicted molar refractivity (Wildman–Crippen MR) is 101 cm³/mol. The molecule has 8 heteroatoms. The smallest absolute Gasteiger partial charge is 0.255 e. The van der Waals surface area contributed by atoms with Crippen molar-refractivity contribution in [2.75, 3.05) is 19.7 Å². The summed E-state index contributed by atoms with van der Waals surface area (Å²) in [5.74, 6) is -0.849. The highest BCUT2D eigenvalue weighted by Crippen LogP contribution is 2.30. The molecule has 0 radical (unpaired) electrons. The maximum Gasteiger partial charge on any atom is 0.255 e. The Kier molecular flexibility index (Phi) is 5.18. The van der Waals surface area contributed by atoms with Crippen molar-refractivity contribution in [2.24, 2.45) is 0 Å². The number of piperidine rings is 2. The Bertz CT molecular complexity index is 803. The Balaban J connectivity index is 1.51. The number of hydrogen-bond acceptors (Lipinski definition) is 6. The molecule has 1 aromatic carbocycles. The van der Waals surface area contributed by atoms with E-state index in [1.807, 2.05) is 12.1 Å². The molecule has 3 aliphatic heterocycles. The minimum atomic E-state index is -0.607. The van der Waals surface area contributed by atoms with Gasteiger partial charge in [0.1, 0.15) is 6.04 Å². The van der Waals surface area contributed by atoms with Crippen molar-refractivity contribution in [3.05, 3.63) is 34.9 Å². The number of aliphatic hydroxyl groups is 1. The van der Waals surface area contributed by atoms with E-state index < -0.39 is 11.9 Å². The number of nitrogens with zero attached hydrogens (tertiary/aromatic N) is 1. The van der Waals surface area contributed by atoms with Crippen molar-refractivity contribution < 1.29 is 19.5 Å². The molecule has 2 atom stereocenters. The number of nitrogens with one attached hydrogen (secondary N) is 3. The standard InChI is InChI=1S/C20H26N4O4/c25-12-20(7-2-8-21-11-20)22-9-13-3-1-4-14-15(13)10-24(19(14)28)16-5-6-17(26)23-18(16)27/h1,3-4,16,21-22,25H,2,5-12H2,(H,23,26,27). The second-order valence-electron chi connectivity index (χ2n) is 7.92. The Hall–Kier alpha value is -2.29. The third kappa shape index (κ3) is 3.43. The lowest BCUT2D eigenvalue weighted by molar-refractivity contribution is -0.136. The molecule has 150 valence electrons. The van der Waals surface area contributed by atoms with Gasteiger partial charge in [-0.1, -0.05) is 12.1 Å². The first-order valence-corrected chi connectivity index (χ1v) is 9.85. The van der Waals surface area contributed by atoms with Crippen molar-refractivity contribution in [2.45, 2.75) is 50.4 Å². The third-order valence-electron chi connectivity index (χ3n) is 6.11. The maximum atomic E-state index is 12.9. The molecule has 0 aliphatic carbocycles. The van der Waals surface area contributed by atoms with Crippen LogP contribution in [-0.4, -0.2) is 59.0 Å². The highest BCUT2D eigenvalue weighted by atomic mass is 16.3. The van der Waals surface area contributed by atoms with Gasteiger partial charge in [-0.2, -0.15) is 0 Å². The summed E-state index contributed by atoms with van der Waals surface area (Å²) in [5.41, 5.74) is 2.18. The lowest BCUT2D eigenvalue weighted by Gasteiger charge is -2.37. The monoisotopic (exact) mass is 386 g/mol. The Morgan fingerprint density at radius 1 is 1.29 bits per heavy atom. The molecule has 2 fully saturated rings. The second-order valence-corrected chi connectivity index (χ2v) is 7.92. The molecule has 3 aliphatic rings. The Labute approximate surface area is 163 Å². The van der Waals surface area contributed by atoms with Gasteiger partial charge in [-0.25, -0.2) is 0 Å². The quantitative estimate of drug-likeness (QED) is 0.515. The summed E-state index contributed by atoms with van der Waals surface area (Å²) in [6, 6.07) is 5.02. The van der Waals surface area contributed by atoms with Crippen molar-refractivity contribution in [1.82, 2.24) is 20.9 Å². The van der Waals surface area contributed by atoms with Gasteiger partial charge in [0, 0.05) is 31.6 Å². The average Bonchev–Trinajstić information content (AvgIpc) is 3.04. The molecule has 3 heterocycles. The minimum absolute atomic E-state index is 0.0519. The summed E-state index contributed by atoms with van der Waals surface area (Å²) in [4.78, 5) is 38.1. The van der Waals surface area contributed by atoms with Crippen LogP contribution < -0.4 is 16.0 Å². The van der Waals surface area contributed by atoms with E-state index in [4.69, 9.17) is 0 Å². The third-order valence-corrected chi connectivity index (χ3v) is 6.11. The van der Waals surface area contributed by atoms with E-state index >= 15 is 0 Å². The van der Waals surface area contributed by atoms with Crippen LogP contribution in [0.1, 0.15) is 47.2 Å². The van der Waals surface area contributed by atoms with Crippen molar-refractivity contribution in [3.8, 4) is 0 Å².